The van der Waals surface area contributed by atoms with Crippen molar-refractivity contribution in [1.82, 2.24) is 18.8 Å². The van der Waals surface area contributed by atoms with E-state index in [0.717, 1.165) is 12.1 Å². The number of benzene rings is 2. The van der Waals surface area contributed by atoms with Crippen LogP contribution in [0.15, 0.2) is 48.5 Å². The number of amides is 2. The molecule has 0 aromatic heterocycles. The number of carbonyl (C=O) groups is 2. The Morgan fingerprint density at radius 2 is 1.60 bits per heavy atom. The van der Waals surface area contributed by atoms with Crippen LogP contribution in [-0.4, -0.2) is 78.6 Å². The van der Waals surface area contributed by atoms with E-state index in [9.17, 15) is 31.2 Å². The van der Waals surface area contributed by atoms with Crippen molar-refractivity contribution in [3.63, 3.8) is 0 Å². The van der Waals surface area contributed by atoms with Gasteiger partial charge in [-0.15, -0.1) is 0 Å². The zero-order valence-corrected chi connectivity index (χ0v) is 24.3. The summed E-state index contributed by atoms with van der Waals surface area (Å²) in [6, 6.07) is 10.7. The van der Waals surface area contributed by atoms with Crippen LogP contribution in [0.3, 0.4) is 0 Å². The normalized spacial score (nSPS) is 22.5. The summed E-state index contributed by atoms with van der Waals surface area (Å²) >= 11 is 5.89. The minimum absolute atomic E-state index is 0.0313. The summed E-state index contributed by atoms with van der Waals surface area (Å²) in [5.41, 5.74) is -0.263. The fourth-order valence-corrected chi connectivity index (χ4v) is 7.43. The molecule has 1 N–H and O–H groups in total. The van der Waals surface area contributed by atoms with Gasteiger partial charge < -0.3 is 15.0 Å². The number of piperidine rings is 1. The van der Waals surface area contributed by atoms with E-state index >= 15 is 0 Å². The molecule has 2 atom stereocenters. The molecule has 3 saturated heterocycles. The molecule has 3 heterocycles. The standard InChI is InChI=1S/C28H32ClF3N4O5S/c29-22-9-11-23(12-10-22)41-24-17-35(18-24)42(39,40)34-13-1-3-20(16-34)27(38)36-14-2-4-25(36)26(37)33-15-19-5-7-21(8-6-19)28(30,31)32/h5-12,20,24-25H,1-4,13-18H2,(H,33,37)/t20-,25+/m0/s1. The van der Waals surface area contributed by atoms with Crippen LogP contribution in [0.5, 0.6) is 5.75 Å². The van der Waals surface area contributed by atoms with Crippen LogP contribution in [0.25, 0.3) is 0 Å². The largest absolute Gasteiger partial charge is 0.488 e. The number of hydrogen-bond acceptors (Lipinski definition) is 5. The Labute approximate surface area is 247 Å². The highest BCUT2D eigenvalue weighted by molar-refractivity contribution is 7.86. The van der Waals surface area contributed by atoms with Gasteiger partial charge in [0.05, 0.1) is 24.6 Å². The number of likely N-dealkylation sites (tertiary alicyclic amines) is 1. The highest BCUT2D eigenvalue weighted by Gasteiger charge is 2.44. The van der Waals surface area contributed by atoms with Crippen LogP contribution < -0.4 is 10.1 Å². The Hall–Kier alpha value is -2.87. The Morgan fingerprint density at radius 3 is 2.26 bits per heavy atom. The third-order valence-corrected chi connectivity index (χ3v) is 10.1. The quantitative estimate of drug-likeness (QED) is 0.481. The van der Waals surface area contributed by atoms with Gasteiger partial charge >= 0.3 is 6.18 Å². The molecule has 228 valence electrons. The second-order valence-electron chi connectivity index (χ2n) is 10.8. The molecular formula is C28H32ClF3N4O5S. The first kappa shape index (κ1) is 30.6. The van der Waals surface area contributed by atoms with Gasteiger partial charge in [-0.2, -0.15) is 30.2 Å². The number of nitrogens with zero attached hydrogens (tertiary/aromatic N) is 3. The van der Waals surface area contributed by atoms with Gasteiger partial charge in [0.1, 0.15) is 17.9 Å². The average Bonchev–Trinajstić information content (AvgIpc) is 3.44. The van der Waals surface area contributed by atoms with Gasteiger partial charge in [-0.05, 0) is 67.6 Å². The zero-order chi connectivity index (χ0) is 30.1. The lowest BCUT2D eigenvalue weighted by molar-refractivity contribution is -0.142. The monoisotopic (exact) mass is 628 g/mol. The van der Waals surface area contributed by atoms with E-state index in [1.807, 2.05) is 0 Å². The zero-order valence-electron chi connectivity index (χ0n) is 22.7. The summed E-state index contributed by atoms with van der Waals surface area (Å²) in [7, 11) is -3.78. The minimum Gasteiger partial charge on any atom is -0.488 e. The maximum Gasteiger partial charge on any atom is 0.416 e. The number of hydrogen-bond donors (Lipinski definition) is 1. The summed E-state index contributed by atoms with van der Waals surface area (Å²) in [4.78, 5) is 28.0. The third kappa shape index (κ3) is 6.85. The van der Waals surface area contributed by atoms with Crippen molar-refractivity contribution in [3.05, 3.63) is 64.7 Å². The summed E-state index contributed by atoms with van der Waals surface area (Å²) < 4.78 is 73.5. The SMILES string of the molecule is O=C(NCc1ccc(C(F)(F)F)cc1)[C@H]1CCCN1C(=O)[C@H]1CCCN(S(=O)(=O)N2CC(Oc3ccc(Cl)cc3)C2)C1. The molecule has 3 aliphatic heterocycles. The van der Waals surface area contributed by atoms with Gasteiger partial charge in [0, 0.05) is 31.2 Å². The Kier molecular flexibility index (Phi) is 9.02. The molecule has 0 unspecified atom stereocenters. The van der Waals surface area contributed by atoms with Gasteiger partial charge in [0.15, 0.2) is 0 Å². The van der Waals surface area contributed by atoms with Crippen LogP contribution in [-0.2, 0) is 32.5 Å². The number of halogens is 4. The highest BCUT2D eigenvalue weighted by Crippen LogP contribution is 2.30. The number of carbonyl (C=O) groups excluding carboxylic acids is 2. The second-order valence-corrected chi connectivity index (χ2v) is 13.2. The molecule has 5 rings (SSSR count). The van der Waals surface area contributed by atoms with Gasteiger partial charge in [-0.3, -0.25) is 9.59 Å². The molecule has 3 fully saturated rings. The van der Waals surface area contributed by atoms with Crippen molar-refractivity contribution in [2.75, 3.05) is 32.7 Å². The van der Waals surface area contributed by atoms with Crippen molar-refractivity contribution in [3.8, 4) is 5.75 Å². The summed E-state index contributed by atoms with van der Waals surface area (Å²) in [5, 5.41) is 3.31. The number of rotatable bonds is 8. The lowest BCUT2D eigenvalue weighted by Gasteiger charge is -2.42. The average molecular weight is 629 g/mol. The fraction of sp³-hybridized carbons (Fsp3) is 0.500. The Morgan fingerprint density at radius 1 is 0.929 bits per heavy atom. The maximum absolute atomic E-state index is 13.5. The first-order chi connectivity index (χ1) is 19.9. The predicted molar refractivity (Wildman–Crippen MR) is 149 cm³/mol. The minimum atomic E-state index is -4.44. The van der Waals surface area contributed by atoms with Gasteiger partial charge in [0.2, 0.25) is 11.8 Å². The van der Waals surface area contributed by atoms with Crippen molar-refractivity contribution >= 4 is 33.6 Å². The molecule has 2 amide bonds. The highest BCUT2D eigenvalue weighted by atomic mass is 35.5. The first-order valence-corrected chi connectivity index (χ1v) is 15.6. The fourth-order valence-electron chi connectivity index (χ4n) is 5.54. The van der Waals surface area contributed by atoms with Crippen molar-refractivity contribution < 1.29 is 35.9 Å². The van der Waals surface area contributed by atoms with E-state index in [2.05, 4.69) is 5.32 Å². The molecular weight excluding hydrogens is 597 g/mol. The van der Waals surface area contributed by atoms with Crippen LogP contribution in [0.1, 0.15) is 36.8 Å². The molecule has 0 spiro atoms. The van der Waals surface area contributed by atoms with E-state index < -0.39 is 33.9 Å². The predicted octanol–water partition coefficient (Wildman–Crippen LogP) is 3.69. The van der Waals surface area contributed by atoms with Crippen molar-refractivity contribution in [2.24, 2.45) is 5.92 Å². The first-order valence-electron chi connectivity index (χ1n) is 13.8. The van der Waals surface area contributed by atoms with Gasteiger partial charge in [-0.1, -0.05) is 23.7 Å². The third-order valence-electron chi connectivity index (χ3n) is 7.90. The topological polar surface area (TPSA) is 99.3 Å². The van der Waals surface area contributed by atoms with E-state index in [-0.39, 0.29) is 44.1 Å². The molecule has 2 aromatic rings. The molecule has 9 nitrogen and oxygen atoms in total. The molecule has 3 aliphatic rings. The number of alkyl halides is 3. The maximum atomic E-state index is 13.5. The second kappa shape index (κ2) is 12.4. The molecule has 2 aromatic carbocycles. The van der Waals surface area contributed by atoms with Crippen LogP contribution in [0, 0.1) is 5.92 Å². The molecule has 0 radical (unpaired) electrons. The van der Waals surface area contributed by atoms with Crippen LogP contribution in [0.2, 0.25) is 5.02 Å². The Bertz CT molecular complexity index is 1390. The van der Waals surface area contributed by atoms with Crippen molar-refractivity contribution in [1.29, 1.82) is 0 Å². The molecule has 0 bridgehead atoms. The Balaban J connectivity index is 1.13. The molecule has 14 heteroatoms. The van der Waals surface area contributed by atoms with Gasteiger partial charge in [-0.25, -0.2) is 0 Å². The lowest BCUT2D eigenvalue weighted by Crippen LogP contribution is -2.61. The van der Waals surface area contributed by atoms with Gasteiger partial charge in [0.25, 0.3) is 10.2 Å². The smallest absolute Gasteiger partial charge is 0.416 e. The molecule has 0 aliphatic carbocycles. The number of nitrogens with one attached hydrogen (secondary N) is 1. The molecule has 0 saturated carbocycles. The van der Waals surface area contributed by atoms with E-state index in [1.54, 1.807) is 24.3 Å². The molecule has 42 heavy (non-hydrogen) atoms. The van der Waals surface area contributed by atoms with Crippen LogP contribution in [0.4, 0.5) is 13.2 Å². The summed E-state index contributed by atoms with van der Waals surface area (Å²) in [6.07, 6.45) is -2.60. The van der Waals surface area contributed by atoms with E-state index in [1.165, 1.54) is 25.6 Å². The lowest BCUT2D eigenvalue weighted by atomic mass is 9.97. The van der Waals surface area contributed by atoms with E-state index in [0.29, 0.717) is 55.1 Å². The van der Waals surface area contributed by atoms with Crippen molar-refractivity contribution in [2.45, 2.75) is 50.6 Å². The van der Waals surface area contributed by atoms with E-state index in [4.69, 9.17) is 16.3 Å². The number of ether oxygens (including phenoxy) is 1. The summed E-state index contributed by atoms with van der Waals surface area (Å²) in [6.45, 7) is 1.17. The summed E-state index contributed by atoms with van der Waals surface area (Å²) in [5.74, 6) is -0.601. The van der Waals surface area contributed by atoms with Crippen LogP contribution >= 0.6 is 11.6 Å².